The Morgan fingerprint density at radius 1 is 1.00 bits per heavy atom. The van der Waals surface area contributed by atoms with Gasteiger partial charge in [-0.1, -0.05) is 25.3 Å². The number of pyridine rings is 1. The summed E-state index contributed by atoms with van der Waals surface area (Å²) in [6, 6.07) is 13.8. The first-order valence-corrected chi connectivity index (χ1v) is 13.3. The van der Waals surface area contributed by atoms with E-state index < -0.39 is 5.97 Å². The molecule has 1 saturated carbocycles. The number of rotatable bonds is 3. The second kappa shape index (κ2) is 8.94. The number of aryl methyl sites for hydroxylation is 1. The van der Waals surface area contributed by atoms with Crippen LogP contribution in [0.15, 0.2) is 54.9 Å². The lowest BCUT2D eigenvalue weighted by molar-refractivity contribution is 0.0697. The summed E-state index contributed by atoms with van der Waals surface area (Å²) in [6.07, 6.45) is 9.40. The molecule has 190 valence electrons. The number of nitrogens with zero attached hydrogens (tertiary/aromatic N) is 4. The number of carboxylic acid groups (broad SMARTS) is 1. The molecular weight excluding hydrogens is 476 g/mol. The summed E-state index contributed by atoms with van der Waals surface area (Å²) in [6.45, 7) is 3.09. The molecule has 1 N–H and O–H groups in total. The lowest BCUT2D eigenvalue weighted by Gasteiger charge is -2.23. The van der Waals surface area contributed by atoms with Crippen LogP contribution in [-0.2, 0) is 6.54 Å². The predicted octanol–water partition coefficient (Wildman–Crippen LogP) is 6.76. The molecule has 0 radical (unpaired) electrons. The van der Waals surface area contributed by atoms with Gasteiger partial charge in [0.2, 0.25) is 0 Å². The number of carbonyl (C=O) groups is 1. The Bertz CT molecular complexity index is 1730. The molecule has 3 aromatic heterocycles. The van der Waals surface area contributed by atoms with Crippen molar-refractivity contribution in [2.45, 2.75) is 51.5 Å². The fourth-order valence-electron chi connectivity index (χ4n) is 6.39. The van der Waals surface area contributed by atoms with Crippen molar-refractivity contribution in [2.75, 3.05) is 6.61 Å². The smallest absolute Gasteiger partial charge is 0.335 e. The van der Waals surface area contributed by atoms with Gasteiger partial charge < -0.3 is 14.4 Å². The molecule has 7 heteroatoms. The van der Waals surface area contributed by atoms with E-state index in [0.717, 1.165) is 68.7 Å². The van der Waals surface area contributed by atoms with Gasteiger partial charge in [-0.2, -0.15) is 0 Å². The first-order valence-electron chi connectivity index (χ1n) is 13.3. The summed E-state index contributed by atoms with van der Waals surface area (Å²) in [5.41, 5.74) is 8.09. The van der Waals surface area contributed by atoms with Crippen LogP contribution in [0.2, 0.25) is 0 Å². The van der Waals surface area contributed by atoms with Crippen LogP contribution in [0.1, 0.15) is 59.6 Å². The standard InChI is InChI=1S/C31H28N4O3/c1-18-28(33-14-13-32-18)25-12-9-21-24(34-25)11-10-23-29-27(19-5-3-2-4-6-19)22-8-7-20(31(36)37)17-26(22)35(29)15-16-38-30(21)23/h7-14,17,19H,2-6,15-16H2,1H3,(H,36,37). The maximum atomic E-state index is 11.8. The highest BCUT2D eigenvalue weighted by atomic mass is 16.5. The van der Waals surface area contributed by atoms with Crippen molar-refractivity contribution < 1.29 is 14.6 Å². The van der Waals surface area contributed by atoms with Crippen LogP contribution in [0.25, 0.3) is 44.5 Å². The number of hydrogen-bond acceptors (Lipinski definition) is 5. The van der Waals surface area contributed by atoms with E-state index in [9.17, 15) is 9.90 Å². The SMILES string of the molecule is Cc1nccnc1-c1ccc2c3c(ccc2n1)-c1c(C2CCCCC2)c2ccc(C(=O)O)cc2n1CCO3. The van der Waals surface area contributed by atoms with Gasteiger partial charge in [-0.15, -0.1) is 0 Å². The van der Waals surface area contributed by atoms with Crippen LogP contribution in [0, 0.1) is 6.92 Å². The minimum atomic E-state index is -0.904. The van der Waals surface area contributed by atoms with Gasteiger partial charge in [0.25, 0.3) is 0 Å². The van der Waals surface area contributed by atoms with Crippen molar-refractivity contribution >= 4 is 27.8 Å². The zero-order chi connectivity index (χ0) is 25.8. The van der Waals surface area contributed by atoms with Crippen molar-refractivity contribution in [2.24, 2.45) is 0 Å². The molecule has 4 heterocycles. The van der Waals surface area contributed by atoms with E-state index in [-0.39, 0.29) is 0 Å². The number of benzene rings is 2. The predicted molar refractivity (Wildman–Crippen MR) is 147 cm³/mol. The number of fused-ring (bicyclic) bond motifs is 7. The van der Waals surface area contributed by atoms with Crippen molar-refractivity contribution in [3.63, 3.8) is 0 Å². The first kappa shape index (κ1) is 22.9. The van der Waals surface area contributed by atoms with E-state index in [0.29, 0.717) is 24.6 Å². The molecule has 1 fully saturated rings. The Morgan fingerprint density at radius 3 is 2.63 bits per heavy atom. The summed E-state index contributed by atoms with van der Waals surface area (Å²) in [5, 5.41) is 11.8. The molecule has 0 saturated heterocycles. The Hall–Kier alpha value is -4.26. The van der Waals surface area contributed by atoms with Crippen LogP contribution in [-0.4, -0.2) is 37.2 Å². The molecule has 5 aromatic rings. The number of aromatic nitrogens is 4. The molecule has 7 rings (SSSR count). The van der Waals surface area contributed by atoms with Crippen molar-refractivity contribution in [3.05, 3.63) is 71.7 Å². The van der Waals surface area contributed by atoms with Gasteiger partial charge in [0.15, 0.2) is 0 Å². The van der Waals surface area contributed by atoms with Crippen LogP contribution in [0.4, 0.5) is 0 Å². The molecule has 0 spiro atoms. The molecule has 7 nitrogen and oxygen atoms in total. The maximum absolute atomic E-state index is 11.8. The zero-order valence-electron chi connectivity index (χ0n) is 21.3. The number of ether oxygens (including phenoxy) is 1. The summed E-state index contributed by atoms with van der Waals surface area (Å²) < 4.78 is 8.72. The first-order chi connectivity index (χ1) is 18.6. The highest BCUT2D eigenvalue weighted by Gasteiger charge is 2.30. The van der Waals surface area contributed by atoms with Gasteiger partial charge in [-0.05, 0) is 67.6 Å². The van der Waals surface area contributed by atoms with Crippen LogP contribution < -0.4 is 4.74 Å². The Morgan fingerprint density at radius 2 is 1.82 bits per heavy atom. The molecular formula is C31H28N4O3. The molecule has 0 unspecified atom stereocenters. The Balaban J connectivity index is 1.47. The average molecular weight is 505 g/mol. The highest BCUT2D eigenvalue weighted by Crippen LogP contribution is 2.48. The lowest BCUT2D eigenvalue weighted by atomic mass is 9.81. The summed E-state index contributed by atoms with van der Waals surface area (Å²) in [5.74, 6) is 0.382. The highest BCUT2D eigenvalue weighted by molar-refractivity contribution is 6.01. The van der Waals surface area contributed by atoms with E-state index in [2.05, 4.69) is 32.7 Å². The van der Waals surface area contributed by atoms with E-state index in [1.807, 2.05) is 25.1 Å². The molecule has 2 aliphatic rings. The summed E-state index contributed by atoms with van der Waals surface area (Å²) >= 11 is 0. The van der Waals surface area contributed by atoms with Gasteiger partial charge in [-0.25, -0.2) is 9.78 Å². The van der Waals surface area contributed by atoms with Crippen molar-refractivity contribution in [3.8, 4) is 28.4 Å². The Kier molecular flexibility index (Phi) is 5.39. The summed E-state index contributed by atoms with van der Waals surface area (Å²) in [4.78, 5) is 25.6. The van der Waals surface area contributed by atoms with Crippen LogP contribution in [0.3, 0.4) is 0 Å². The average Bonchev–Trinajstić information content (AvgIpc) is 3.13. The molecule has 1 aliphatic heterocycles. The normalized spacial score (nSPS) is 15.6. The lowest BCUT2D eigenvalue weighted by Crippen LogP contribution is -2.07. The van der Waals surface area contributed by atoms with Crippen LogP contribution >= 0.6 is 0 Å². The second-order valence-corrected chi connectivity index (χ2v) is 10.3. The van der Waals surface area contributed by atoms with Crippen molar-refractivity contribution in [1.82, 2.24) is 19.5 Å². The van der Waals surface area contributed by atoms with E-state index in [4.69, 9.17) is 9.72 Å². The quantitative estimate of drug-likeness (QED) is 0.292. The maximum Gasteiger partial charge on any atom is 0.335 e. The van der Waals surface area contributed by atoms with Gasteiger partial charge in [0.05, 0.1) is 34.7 Å². The summed E-state index contributed by atoms with van der Waals surface area (Å²) in [7, 11) is 0. The van der Waals surface area contributed by atoms with Gasteiger partial charge in [-0.3, -0.25) is 9.97 Å². The van der Waals surface area contributed by atoms with Gasteiger partial charge in [0.1, 0.15) is 18.1 Å². The third-order valence-electron chi connectivity index (χ3n) is 8.13. The number of carboxylic acids is 1. The number of aromatic carboxylic acids is 1. The van der Waals surface area contributed by atoms with Gasteiger partial charge >= 0.3 is 5.97 Å². The largest absolute Gasteiger partial charge is 0.490 e. The number of hydrogen-bond donors (Lipinski definition) is 1. The minimum Gasteiger partial charge on any atom is -0.490 e. The fourth-order valence-corrected chi connectivity index (χ4v) is 6.39. The topological polar surface area (TPSA) is 90.1 Å². The molecule has 0 bridgehead atoms. The molecule has 1 aliphatic carbocycles. The van der Waals surface area contributed by atoms with Crippen molar-refractivity contribution in [1.29, 1.82) is 0 Å². The van der Waals surface area contributed by atoms with E-state index in [1.165, 1.54) is 24.8 Å². The minimum absolute atomic E-state index is 0.313. The molecule has 38 heavy (non-hydrogen) atoms. The Labute approximate surface area is 220 Å². The van der Waals surface area contributed by atoms with E-state index in [1.54, 1.807) is 18.5 Å². The monoisotopic (exact) mass is 504 g/mol. The second-order valence-electron chi connectivity index (χ2n) is 10.3. The van der Waals surface area contributed by atoms with Crippen LogP contribution in [0.5, 0.6) is 5.75 Å². The molecule has 0 atom stereocenters. The third kappa shape index (κ3) is 3.56. The van der Waals surface area contributed by atoms with E-state index >= 15 is 0 Å². The van der Waals surface area contributed by atoms with Gasteiger partial charge in [0, 0.05) is 34.2 Å². The molecule has 0 amide bonds. The third-order valence-corrected chi connectivity index (χ3v) is 8.13. The fraction of sp³-hybridized carbons (Fsp3) is 0.290. The molecule has 2 aromatic carbocycles. The zero-order valence-corrected chi connectivity index (χ0v) is 21.3.